The summed E-state index contributed by atoms with van der Waals surface area (Å²) < 4.78 is 11.1. The molecule has 0 aromatic heterocycles. The molecular weight excluding hydrogens is 256 g/mol. The highest BCUT2D eigenvalue weighted by molar-refractivity contribution is 5.76. The Labute approximate surface area is 119 Å². The molecule has 0 bridgehead atoms. The lowest BCUT2D eigenvalue weighted by atomic mass is 10.0. The van der Waals surface area contributed by atoms with Crippen LogP contribution >= 0.6 is 0 Å². The smallest absolute Gasteiger partial charge is 0.223 e. The van der Waals surface area contributed by atoms with Crippen molar-refractivity contribution in [3.8, 4) is 5.75 Å². The molecule has 1 unspecified atom stereocenters. The molecule has 1 aliphatic heterocycles. The van der Waals surface area contributed by atoms with Crippen molar-refractivity contribution >= 4 is 11.6 Å². The summed E-state index contributed by atoms with van der Waals surface area (Å²) in [5.41, 5.74) is 6.08. The van der Waals surface area contributed by atoms with Crippen molar-refractivity contribution in [1.29, 1.82) is 0 Å². The fraction of sp³-hybridized carbons (Fsp3) is 0.533. The summed E-state index contributed by atoms with van der Waals surface area (Å²) >= 11 is 0. The summed E-state index contributed by atoms with van der Waals surface area (Å²) in [5.74, 6) is 0.704. The van der Waals surface area contributed by atoms with Gasteiger partial charge in [0.25, 0.3) is 0 Å². The first-order valence-electron chi connectivity index (χ1n) is 6.96. The average Bonchev–Trinajstić information content (AvgIpc) is 2.86. The average molecular weight is 278 g/mol. The first-order chi connectivity index (χ1) is 9.57. The molecule has 5 nitrogen and oxygen atoms in total. The van der Waals surface area contributed by atoms with Gasteiger partial charge in [0.05, 0.1) is 18.6 Å². The predicted octanol–water partition coefficient (Wildman–Crippen LogP) is 1.72. The summed E-state index contributed by atoms with van der Waals surface area (Å²) in [4.78, 5) is 11.7. The Morgan fingerprint density at radius 1 is 1.45 bits per heavy atom. The molecule has 1 aliphatic rings. The topological polar surface area (TPSA) is 73.6 Å². The minimum absolute atomic E-state index is 0.0165. The molecule has 1 atom stereocenters. The Morgan fingerprint density at radius 3 is 2.85 bits per heavy atom. The summed E-state index contributed by atoms with van der Waals surface area (Å²) in [6.45, 7) is 3.73. The van der Waals surface area contributed by atoms with Gasteiger partial charge in [-0.3, -0.25) is 4.79 Å². The summed E-state index contributed by atoms with van der Waals surface area (Å²) in [6, 6.07) is 7.13. The minimum atomic E-state index is -0.201. The van der Waals surface area contributed by atoms with E-state index in [-0.39, 0.29) is 11.5 Å². The van der Waals surface area contributed by atoms with Gasteiger partial charge >= 0.3 is 0 Å². The number of ether oxygens (including phenoxy) is 2. The number of rotatable bonds is 6. The first-order valence-corrected chi connectivity index (χ1v) is 6.96. The number of carbonyl (C=O) groups is 1. The molecule has 110 valence electrons. The second kappa shape index (κ2) is 6.61. The highest BCUT2D eigenvalue weighted by Gasteiger charge is 2.29. The van der Waals surface area contributed by atoms with Gasteiger partial charge in [-0.05, 0) is 44.0 Å². The summed E-state index contributed by atoms with van der Waals surface area (Å²) in [5, 5.41) is 2.90. The number of hydrogen-bond donors (Lipinski definition) is 2. The molecule has 1 aromatic rings. The number of amides is 1. The fourth-order valence-corrected chi connectivity index (χ4v) is 2.18. The molecule has 20 heavy (non-hydrogen) atoms. The zero-order valence-electron chi connectivity index (χ0n) is 11.9. The molecule has 0 aliphatic carbocycles. The standard InChI is InChI=1S/C15H22N2O3/c1-15(8-2-9-20-15)11-17-14(18)7-10-19-13-5-3-12(16)4-6-13/h3-6H,2,7-11,16H2,1H3,(H,17,18). The monoisotopic (exact) mass is 278 g/mol. The van der Waals surface area contributed by atoms with E-state index in [4.69, 9.17) is 15.2 Å². The lowest BCUT2D eigenvalue weighted by Gasteiger charge is -2.23. The van der Waals surface area contributed by atoms with Gasteiger partial charge in [0, 0.05) is 18.8 Å². The van der Waals surface area contributed by atoms with Gasteiger partial charge < -0.3 is 20.5 Å². The van der Waals surface area contributed by atoms with Crippen LogP contribution in [0.25, 0.3) is 0 Å². The number of carbonyl (C=O) groups excluding carboxylic acids is 1. The van der Waals surface area contributed by atoms with Crippen molar-refractivity contribution < 1.29 is 14.3 Å². The van der Waals surface area contributed by atoms with Crippen LogP contribution in [0.15, 0.2) is 24.3 Å². The molecular formula is C15H22N2O3. The van der Waals surface area contributed by atoms with E-state index in [0.29, 0.717) is 25.3 Å². The van der Waals surface area contributed by atoms with Crippen LogP contribution in [-0.4, -0.2) is 31.3 Å². The Bertz CT molecular complexity index is 439. The van der Waals surface area contributed by atoms with Crippen LogP contribution in [-0.2, 0) is 9.53 Å². The lowest BCUT2D eigenvalue weighted by molar-refractivity contribution is -0.122. The maximum Gasteiger partial charge on any atom is 0.223 e. The van der Waals surface area contributed by atoms with Crippen LogP contribution in [0.3, 0.4) is 0 Å². The van der Waals surface area contributed by atoms with Gasteiger partial charge in [-0.25, -0.2) is 0 Å². The first kappa shape index (κ1) is 14.7. The molecule has 1 saturated heterocycles. The van der Waals surface area contributed by atoms with Gasteiger partial charge in [-0.1, -0.05) is 0 Å². The van der Waals surface area contributed by atoms with E-state index in [1.807, 2.05) is 6.92 Å². The van der Waals surface area contributed by atoms with Gasteiger partial charge in [0.1, 0.15) is 5.75 Å². The largest absolute Gasteiger partial charge is 0.493 e. The number of anilines is 1. The van der Waals surface area contributed by atoms with Crippen molar-refractivity contribution in [3.05, 3.63) is 24.3 Å². The predicted molar refractivity (Wildman–Crippen MR) is 77.6 cm³/mol. The second-order valence-electron chi connectivity index (χ2n) is 5.35. The van der Waals surface area contributed by atoms with Gasteiger partial charge in [-0.2, -0.15) is 0 Å². The normalized spacial score (nSPS) is 21.6. The van der Waals surface area contributed by atoms with Crippen LogP contribution in [0.5, 0.6) is 5.75 Å². The molecule has 0 saturated carbocycles. The number of nitrogens with two attached hydrogens (primary N) is 1. The van der Waals surface area contributed by atoms with Crippen molar-refractivity contribution in [1.82, 2.24) is 5.32 Å². The highest BCUT2D eigenvalue weighted by atomic mass is 16.5. The molecule has 5 heteroatoms. The Balaban J connectivity index is 1.64. The molecule has 0 radical (unpaired) electrons. The van der Waals surface area contributed by atoms with E-state index in [2.05, 4.69) is 5.32 Å². The third-order valence-corrected chi connectivity index (χ3v) is 3.44. The Kier molecular flexibility index (Phi) is 4.84. The third kappa shape index (κ3) is 4.42. The van der Waals surface area contributed by atoms with Crippen molar-refractivity contribution in [2.75, 3.05) is 25.5 Å². The molecule has 0 spiro atoms. The quantitative estimate of drug-likeness (QED) is 0.777. The number of nitrogens with one attached hydrogen (secondary N) is 1. The highest BCUT2D eigenvalue weighted by Crippen LogP contribution is 2.23. The molecule has 1 heterocycles. The van der Waals surface area contributed by atoms with Crippen LogP contribution < -0.4 is 15.8 Å². The SMILES string of the molecule is CC1(CNC(=O)CCOc2ccc(N)cc2)CCCO1. The maximum absolute atomic E-state index is 11.7. The third-order valence-electron chi connectivity index (χ3n) is 3.44. The fourth-order valence-electron chi connectivity index (χ4n) is 2.18. The zero-order valence-corrected chi connectivity index (χ0v) is 11.9. The Morgan fingerprint density at radius 2 is 2.20 bits per heavy atom. The van der Waals surface area contributed by atoms with Gasteiger partial charge in [0.2, 0.25) is 5.91 Å². The van der Waals surface area contributed by atoms with E-state index in [1.165, 1.54) is 0 Å². The van der Waals surface area contributed by atoms with E-state index >= 15 is 0 Å². The Hall–Kier alpha value is -1.75. The van der Waals surface area contributed by atoms with E-state index in [1.54, 1.807) is 24.3 Å². The number of hydrogen-bond acceptors (Lipinski definition) is 4. The lowest BCUT2D eigenvalue weighted by Crippen LogP contribution is -2.40. The van der Waals surface area contributed by atoms with Crippen LogP contribution in [0.4, 0.5) is 5.69 Å². The van der Waals surface area contributed by atoms with E-state index in [9.17, 15) is 4.79 Å². The van der Waals surface area contributed by atoms with Crippen molar-refractivity contribution in [2.24, 2.45) is 0 Å². The number of benzene rings is 1. The number of nitrogen functional groups attached to an aromatic ring is 1. The van der Waals surface area contributed by atoms with E-state index < -0.39 is 0 Å². The van der Waals surface area contributed by atoms with Crippen LogP contribution in [0, 0.1) is 0 Å². The molecule has 3 N–H and O–H groups in total. The molecule has 1 fully saturated rings. The molecule has 1 aromatic carbocycles. The molecule has 1 amide bonds. The zero-order chi connectivity index (χ0) is 14.4. The van der Waals surface area contributed by atoms with Gasteiger partial charge in [-0.15, -0.1) is 0 Å². The van der Waals surface area contributed by atoms with Gasteiger partial charge in [0.15, 0.2) is 0 Å². The summed E-state index contributed by atoms with van der Waals surface area (Å²) in [7, 11) is 0. The van der Waals surface area contributed by atoms with E-state index in [0.717, 1.165) is 25.2 Å². The maximum atomic E-state index is 11.7. The second-order valence-corrected chi connectivity index (χ2v) is 5.35. The van der Waals surface area contributed by atoms with Crippen molar-refractivity contribution in [3.63, 3.8) is 0 Å². The summed E-state index contributed by atoms with van der Waals surface area (Å²) in [6.07, 6.45) is 2.39. The molecule has 2 rings (SSSR count). The minimum Gasteiger partial charge on any atom is -0.493 e. The van der Waals surface area contributed by atoms with Crippen LogP contribution in [0.1, 0.15) is 26.2 Å². The van der Waals surface area contributed by atoms with Crippen molar-refractivity contribution in [2.45, 2.75) is 31.8 Å². The van der Waals surface area contributed by atoms with Crippen LogP contribution in [0.2, 0.25) is 0 Å².